The third kappa shape index (κ3) is 5.88. The van der Waals surface area contributed by atoms with E-state index in [1.807, 2.05) is 0 Å². The van der Waals surface area contributed by atoms with Crippen molar-refractivity contribution in [2.45, 2.75) is 75.8 Å². The van der Waals surface area contributed by atoms with Crippen molar-refractivity contribution in [1.82, 2.24) is 0 Å². The first-order valence-corrected chi connectivity index (χ1v) is 11.6. The molecule has 31 heavy (non-hydrogen) atoms. The monoisotopic (exact) mass is 464 g/mol. The molecule has 6 unspecified atom stereocenters. The molecule has 3 rings (SSSR count). The molecule has 0 amide bonds. The van der Waals surface area contributed by atoms with Crippen LogP contribution in [0, 0.1) is 23.7 Å². The summed E-state index contributed by atoms with van der Waals surface area (Å²) in [5.41, 5.74) is 0. The zero-order valence-electron chi connectivity index (χ0n) is 17.8. The number of cyclic esters (lactones) is 1. The van der Waals surface area contributed by atoms with E-state index in [4.69, 9.17) is 14.2 Å². The van der Waals surface area contributed by atoms with E-state index in [2.05, 4.69) is 4.18 Å². The highest BCUT2D eigenvalue weighted by Gasteiger charge is 2.50. The van der Waals surface area contributed by atoms with Crippen molar-refractivity contribution in [1.29, 1.82) is 0 Å². The normalized spacial score (nSPS) is 31.6. The fourth-order valence-electron chi connectivity index (χ4n) is 5.00. The molecule has 0 aromatic heterocycles. The second-order valence-electron chi connectivity index (χ2n) is 8.55. The number of rotatable bonds is 9. The van der Waals surface area contributed by atoms with Crippen LogP contribution in [0.5, 0.6) is 0 Å². The molecule has 7 nitrogen and oxygen atoms in total. The summed E-state index contributed by atoms with van der Waals surface area (Å²) < 4.78 is 47.5. The van der Waals surface area contributed by atoms with E-state index in [-0.39, 0.29) is 29.8 Å². The maximum atomic E-state index is 13.5. The van der Waals surface area contributed by atoms with Crippen LogP contribution >= 0.6 is 12.0 Å². The molecule has 1 aliphatic heterocycles. The average molecular weight is 465 g/mol. The van der Waals surface area contributed by atoms with Gasteiger partial charge in [0, 0.05) is 5.92 Å². The minimum atomic E-state index is -3.16. The molecule has 2 aliphatic carbocycles. The van der Waals surface area contributed by atoms with E-state index in [9.17, 15) is 23.2 Å². The summed E-state index contributed by atoms with van der Waals surface area (Å²) in [7, 11) is 1.14. The number of carbonyl (C=O) groups is 3. The van der Waals surface area contributed by atoms with Crippen LogP contribution in [0.2, 0.25) is 0 Å². The van der Waals surface area contributed by atoms with E-state index < -0.39 is 54.3 Å². The molecular formula is C21H30F2O7S. The largest absolute Gasteiger partial charge is 0.465 e. The molecule has 0 radical (unpaired) electrons. The molecule has 6 atom stereocenters. The molecule has 176 valence electrons. The Hall–Kier alpha value is -1.42. The van der Waals surface area contributed by atoms with E-state index in [1.165, 1.54) is 0 Å². The van der Waals surface area contributed by atoms with Crippen LogP contribution in [0.15, 0.2) is 0 Å². The second-order valence-corrected chi connectivity index (χ2v) is 9.64. The van der Waals surface area contributed by atoms with E-state index in [0.29, 0.717) is 12.8 Å². The van der Waals surface area contributed by atoms with Gasteiger partial charge in [-0.2, -0.15) is 8.78 Å². The summed E-state index contributed by atoms with van der Waals surface area (Å²) in [5, 5.41) is -3.16. The van der Waals surface area contributed by atoms with Gasteiger partial charge < -0.3 is 18.4 Å². The van der Waals surface area contributed by atoms with Gasteiger partial charge in [-0.3, -0.25) is 14.4 Å². The molecule has 0 spiro atoms. The highest BCUT2D eigenvalue weighted by molar-refractivity contribution is 7.95. The van der Waals surface area contributed by atoms with E-state index in [1.54, 1.807) is 6.92 Å². The lowest BCUT2D eigenvalue weighted by atomic mass is 9.79. The number of alkyl halides is 2. The van der Waals surface area contributed by atoms with Gasteiger partial charge in [0.1, 0.15) is 12.2 Å². The molecule has 1 saturated heterocycles. The van der Waals surface area contributed by atoms with Crippen molar-refractivity contribution in [2.24, 2.45) is 23.7 Å². The van der Waals surface area contributed by atoms with Gasteiger partial charge in [0.25, 0.3) is 0 Å². The number of hydrogen-bond acceptors (Lipinski definition) is 8. The maximum absolute atomic E-state index is 13.5. The zero-order valence-corrected chi connectivity index (χ0v) is 18.7. The first-order valence-electron chi connectivity index (χ1n) is 10.9. The van der Waals surface area contributed by atoms with Gasteiger partial charge >= 0.3 is 23.2 Å². The number of halogens is 2. The second kappa shape index (κ2) is 10.5. The fraction of sp³-hybridized carbons (Fsp3) is 0.857. The molecular weight excluding hydrogens is 434 g/mol. The quantitative estimate of drug-likeness (QED) is 0.289. The predicted molar refractivity (Wildman–Crippen MR) is 107 cm³/mol. The Morgan fingerprint density at radius 1 is 1.13 bits per heavy atom. The highest BCUT2D eigenvalue weighted by atomic mass is 32.2. The van der Waals surface area contributed by atoms with Gasteiger partial charge in [0.05, 0.1) is 49.9 Å². The van der Waals surface area contributed by atoms with Crippen molar-refractivity contribution in [3.8, 4) is 0 Å². The Labute approximate surface area is 185 Å². The van der Waals surface area contributed by atoms with Crippen LogP contribution in [0.4, 0.5) is 8.78 Å². The summed E-state index contributed by atoms with van der Waals surface area (Å²) in [5.74, 6) is -2.86. The smallest absolute Gasteiger partial charge is 0.321 e. The summed E-state index contributed by atoms with van der Waals surface area (Å²) in [6.07, 6.45) is 3.32. The lowest BCUT2D eigenvalue weighted by Gasteiger charge is -2.31. The lowest BCUT2D eigenvalue weighted by molar-refractivity contribution is -0.172. The van der Waals surface area contributed by atoms with Crippen molar-refractivity contribution in [3.63, 3.8) is 0 Å². The summed E-state index contributed by atoms with van der Waals surface area (Å²) in [4.78, 5) is 37.4. The van der Waals surface area contributed by atoms with Crippen LogP contribution in [0.25, 0.3) is 0 Å². The van der Waals surface area contributed by atoms with Crippen LogP contribution in [-0.2, 0) is 32.8 Å². The van der Waals surface area contributed by atoms with Crippen LogP contribution < -0.4 is 0 Å². The van der Waals surface area contributed by atoms with Crippen molar-refractivity contribution in [2.75, 3.05) is 13.7 Å². The molecule has 1 heterocycles. The van der Waals surface area contributed by atoms with E-state index >= 15 is 0 Å². The minimum absolute atomic E-state index is 0.0172. The van der Waals surface area contributed by atoms with Gasteiger partial charge in [-0.15, -0.1) is 0 Å². The summed E-state index contributed by atoms with van der Waals surface area (Å²) in [6.45, 7) is 1.25. The SMILES string of the molecule is COSC(F)(F)CCOC(=O)C1CCCCC1C(=O)OC(C)C1OC(=O)C2CCCC21. The number of carbonyl (C=O) groups excluding carboxylic acids is 3. The van der Waals surface area contributed by atoms with Crippen molar-refractivity contribution in [3.05, 3.63) is 0 Å². The zero-order chi connectivity index (χ0) is 22.6. The van der Waals surface area contributed by atoms with E-state index in [0.717, 1.165) is 39.2 Å². The first-order chi connectivity index (χ1) is 14.7. The average Bonchev–Trinajstić information content (AvgIpc) is 3.31. The third-order valence-corrected chi connectivity index (χ3v) is 7.14. The Kier molecular flexibility index (Phi) is 8.18. The summed E-state index contributed by atoms with van der Waals surface area (Å²) >= 11 is 0.0172. The number of ether oxygens (including phenoxy) is 3. The highest BCUT2D eigenvalue weighted by Crippen LogP contribution is 2.43. The number of esters is 3. The Bertz CT molecular complexity index is 674. The maximum Gasteiger partial charge on any atom is 0.321 e. The molecule has 2 saturated carbocycles. The lowest BCUT2D eigenvalue weighted by Crippen LogP contribution is -2.40. The van der Waals surface area contributed by atoms with Gasteiger partial charge in [0.15, 0.2) is 0 Å². The number of hydrogen-bond donors (Lipinski definition) is 0. The topological polar surface area (TPSA) is 88.1 Å². The van der Waals surface area contributed by atoms with Gasteiger partial charge in [0.2, 0.25) is 0 Å². The Morgan fingerprint density at radius 3 is 2.48 bits per heavy atom. The number of fused-ring (bicyclic) bond motifs is 1. The van der Waals surface area contributed by atoms with Crippen LogP contribution in [-0.4, -0.2) is 49.1 Å². The fourth-order valence-corrected chi connectivity index (χ4v) is 5.41. The molecule has 0 aromatic rings. The van der Waals surface area contributed by atoms with Gasteiger partial charge in [-0.25, -0.2) is 0 Å². The minimum Gasteiger partial charge on any atom is -0.465 e. The Morgan fingerprint density at radius 2 is 1.81 bits per heavy atom. The first kappa shape index (κ1) is 24.2. The molecule has 0 aromatic carbocycles. The van der Waals surface area contributed by atoms with Crippen molar-refractivity contribution < 1.29 is 41.6 Å². The molecule has 3 fully saturated rings. The van der Waals surface area contributed by atoms with Gasteiger partial charge in [-0.05, 0) is 32.6 Å². The van der Waals surface area contributed by atoms with Gasteiger partial charge in [-0.1, -0.05) is 19.3 Å². The third-order valence-electron chi connectivity index (χ3n) is 6.53. The molecule has 0 bridgehead atoms. The summed E-state index contributed by atoms with van der Waals surface area (Å²) in [6, 6.07) is 0. The van der Waals surface area contributed by atoms with Crippen molar-refractivity contribution >= 4 is 30.0 Å². The Balaban J connectivity index is 1.53. The van der Waals surface area contributed by atoms with Crippen LogP contribution in [0.3, 0.4) is 0 Å². The predicted octanol–water partition coefficient (Wildman–Crippen LogP) is 3.89. The molecule has 3 aliphatic rings. The van der Waals surface area contributed by atoms with Crippen LogP contribution in [0.1, 0.15) is 58.3 Å². The molecule has 10 heteroatoms. The molecule has 0 N–H and O–H groups in total. The standard InChI is InChI=1S/C21H30F2O7S/c1-12(17-13-8-5-9-14(13)20(26)30-17)29-19(25)16-7-4-3-6-15(16)18(24)28-11-10-21(22,23)31-27-2/h12-17H,3-11H2,1-2H3.